The van der Waals surface area contributed by atoms with E-state index in [1.807, 2.05) is 0 Å². The third kappa shape index (κ3) is 6.28. The van der Waals surface area contributed by atoms with Crippen molar-refractivity contribution >= 4 is 21.6 Å². The molecule has 0 saturated carbocycles. The van der Waals surface area contributed by atoms with E-state index in [0.29, 0.717) is 17.1 Å². The first-order valence-electron chi connectivity index (χ1n) is 10.2. The number of nitrogens with zero attached hydrogens (tertiary/aromatic N) is 4. The fraction of sp³-hybridized carbons (Fsp3) is 0.318. The maximum Gasteiger partial charge on any atom is 0.246 e. The number of aromatic nitrogens is 2. The first kappa shape index (κ1) is 25.1. The second-order valence-electron chi connectivity index (χ2n) is 7.53. The van der Waals surface area contributed by atoms with Gasteiger partial charge in [-0.25, -0.2) is 17.2 Å². The fourth-order valence-electron chi connectivity index (χ4n) is 3.18. The van der Waals surface area contributed by atoms with Gasteiger partial charge in [-0.1, -0.05) is 17.3 Å². The number of rotatable bonds is 10. The molecule has 0 bridgehead atoms. The molecule has 0 unspecified atom stereocenters. The average Bonchev–Trinajstić information content (AvgIpc) is 3.26. The number of amides is 1. The Hall–Kier alpha value is -3.54. The minimum atomic E-state index is -3.77. The van der Waals surface area contributed by atoms with Gasteiger partial charge in [-0.3, -0.25) is 9.10 Å². The summed E-state index contributed by atoms with van der Waals surface area (Å²) in [5.41, 5.74) is 0.680. The Morgan fingerprint density at radius 3 is 2.59 bits per heavy atom. The average molecular weight is 495 g/mol. The largest absolute Gasteiger partial charge is 0.497 e. The standard InChI is InChI=1S/C22H24F2N4O5S/c1-27(14-20-25-22(26-33-20)15-6-4-7-17(12-15)32-2)21(29)8-5-11-28(34(3,30)31)16-9-10-18(23)19(24)13-16/h4,6-7,9-10,12-13H,5,8,11,14H2,1-3H3. The maximum absolute atomic E-state index is 13.6. The number of carbonyl (C=O) groups is 1. The Morgan fingerprint density at radius 2 is 1.91 bits per heavy atom. The molecular weight excluding hydrogens is 470 g/mol. The van der Waals surface area contributed by atoms with Gasteiger partial charge in [0.1, 0.15) is 5.75 Å². The van der Waals surface area contributed by atoms with Gasteiger partial charge in [0.25, 0.3) is 0 Å². The molecular formula is C22H24F2N4O5S. The van der Waals surface area contributed by atoms with Crippen LogP contribution in [0.3, 0.4) is 0 Å². The highest BCUT2D eigenvalue weighted by atomic mass is 32.2. The van der Waals surface area contributed by atoms with Crippen LogP contribution in [0.5, 0.6) is 5.75 Å². The predicted molar refractivity (Wildman–Crippen MR) is 121 cm³/mol. The van der Waals surface area contributed by atoms with E-state index >= 15 is 0 Å². The Kier molecular flexibility index (Phi) is 7.82. The number of ether oxygens (including phenoxy) is 1. The van der Waals surface area contributed by atoms with Gasteiger partial charge in [-0.15, -0.1) is 0 Å². The molecule has 1 aromatic heterocycles. The van der Waals surface area contributed by atoms with Crippen LogP contribution in [0.1, 0.15) is 18.7 Å². The van der Waals surface area contributed by atoms with Crippen molar-refractivity contribution in [2.75, 3.05) is 31.3 Å². The smallest absolute Gasteiger partial charge is 0.246 e. The molecule has 9 nitrogen and oxygen atoms in total. The molecule has 1 amide bonds. The summed E-state index contributed by atoms with van der Waals surface area (Å²) in [5.74, 6) is -1.29. The molecule has 0 fully saturated rings. The topological polar surface area (TPSA) is 106 Å². The van der Waals surface area contributed by atoms with Gasteiger partial charge in [0, 0.05) is 31.6 Å². The van der Waals surface area contributed by atoms with Crippen LogP contribution in [0.4, 0.5) is 14.5 Å². The van der Waals surface area contributed by atoms with E-state index in [1.54, 1.807) is 38.4 Å². The SMILES string of the molecule is COc1cccc(-c2noc(CN(C)C(=O)CCCN(c3ccc(F)c(F)c3)S(C)(=O)=O)n2)c1. The molecule has 3 rings (SSSR count). The van der Waals surface area contributed by atoms with Gasteiger partial charge in [0.05, 0.1) is 25.6 Å². The fourth-order valence-corrected chi connectivity index (χ4v) is 4.14. The van der Waals surface area contributed by atoms with Gasteiger partial charge in [0.2, 0.25) is 27.6 Å². The van der Waals surface area contributed by atoms with Gasteiger partial charge in [0.15, 0.2) is 11.6 Å². The minimum Gasteiger partial charge on any atom is -0.497 e. The summed E-state index contributed by atoms with van der Waals surface area (Å²) in [6.45, 7) is -0.0151. The van der Waals surface area contributed by atoms with Gasteiger partial charge >= 0.3 is 0 Å². The molecule has 1 heterocycles. The number of benzene rings is 2. The van der Waals surface area contributed by atoms with Crippen LogP contribution >= 0.6 is 0 Å². The van der Waals surface area contributed by atoms with Crippen molar-refractivity contribution in [3.05, 3.63) is 60.0 Å². The second kappa shape index (κ2) is 10.6. The summed E-state index contributed by atoms with van der Waals surface area (Å²) in [5, 5.41) is 3.92. The maximum atomic E-state index is 13.6. The van der Waals surface area contributed by atoms with Crippen molar-refractivity contribution in [3.8, 4) is 17.1 Å². The van der Waals surface area contributed by atoms with Crippen LogP contribution < -0.4 is 9.04 Å². The lowest BCUT2D eigenvalue weighted by Crippen LogP contribution is -2.32. The molecule has 0 spiro atoms. The van der Waals surface area contributed by atoms with Crippen LogP contribution in [-0.4, -0.2) is 56.3 Å². The monoisotopic (exact) mass is 494 g/mol. The number of sulfonamides is 1. The quantitative estimate of drug-likeness (QED) is 0.426. The molecule has 0 aliphatic heterocycles. The molecule has 182 valence electrons. The van der Waals surface area contributed by atoms with E-state index in [-0.39, 0.29) is 43.4 Å². The summed E-state index contributed by atoms with van der Waals surface area (Å²) >= 11 is 0. The van der Waals surface area contributed by atoms with Crippen LogP contribution in [0.15, 0.2) is 47.0 Å². The van der Waals surface area contributed by atoms with Crippen LogP contribution in [0, 0.1) is 11.6 Å². The number of anilines is 1. The van der Waals surface area contributed by atoms with E-state index in [2.05, 4.69) is 10.1 Å². The summed E-state index contributed by atoms with van der Waals surface area (Å²) in [4.78, 5) is 18.2. The van der Waals surface area contributed by atoms with E-state index in [1.165, 1.54) is 11.0 Å². The van der Waals surface area contributed by atoms with E-state index in [4.69, 9.17) is 9.26 Å². The van der Waals surface area contributed by atoms with Crippen molar-refractivity contribution in [2.24, 2.45) is 0 Å². The first-order valence-corrected chi connectivity index (χ1v) is 12.1. The van der Waals surface area contributed by atoms with E-state index in [0.717, 1.165) is 22.7 Å². The molecule has 2 aromatic carbocycles. The second-order valence-corrected chi connectivity index (χ2v) is 9.44. The zero-order valence-corrected chi connectivity index (χ0v) is 19.7. The Bertz CT molecular complexity index is 1270. The molecule has 0 N–H and O–H groups in total. The minimum absolute atomic E-state index is 0.0156. The van der Waals surface area contributed by atoms with Gasteiger partial charge in [-0.2, -0.15) is 4.98 Å². The molecule has 0 radical (unpaired) electrons. The Labute approximate surface area is 196 Å². The Balaban J connectivity index is 1.58. The lowest BCUT2D eigenvalue weighted by Gasteiger charge is -2.23. The van der Waals surface area contributed by atoms with Crippen molar-refractivity contribution in [2.45, 2.75) is 19.4 Å². The molecule has 0 aliphatic carbocycles. The molecule has 3 aromatic rings. The highest BCUT2D eigenvalue weighted by Gasteiger charge is 2.20. The number of hydrogen-bond acceptors (Lipinski definition) is 7. The molecule has 34 heavy (non-hydrogen) atoms. The summed E-state index contributed by atoms with van der Waals surface area (Å²) in [6.07, 6.45) is 1.13. The predicted octanol–water partition coefficient (Wildman–Crippen LogP) is 3.23. The van der Waals surface area contributed by atoms with Crippen LogP contribution in [0.25, 0.3) is 11.4 Å². The highest BCUT2D eigenvalue weighted by Crippen LogP contribution is 2.23. The molecule has 0 aliphatic rings. The van der Waals surface area contributed by atoms with Crippen LogP contribution in [0.2, 0.25) is 0 Å². The summed E-state index contributed by atoms with van der Waals surface area (Å²) in [7, 11) is -0.659. The normalized spacial score (nSPS) is 11.3. The lowest BCUT2D eigenvalue weighted by atomic mass is 10.2. The van der Waals surface area contributed by atoms with Gasteiger partial charge < -0.3 is 14.2 Å². The van der Waals surface area contributed by atoms with Gasteiger partial charge in [-0.05, 0) is 30.7 Å². The highest BCUT2D eigenvalue weighted by molar-refractivity contribution is 7.92. The number of halogens is 2. The summed E-state index contributed by atoms with van der Waals surface area (Å²) < 4.78 is 62.3. The Morgan fingerprint density at radius 1 is 1.15 bits per heavy atom. The van der Waals surface area contributed by atoms with Crippen molar-refractivity contribution < 1.29 is 31.3 Å². The zero-order chi connectivity index (χ0) is 24.9. The zero-order valence-electron chi connectivity index (χ0n) is 18.9. The first-order chi connectivity index (χ1) is 16.1. The number of methoxy groups -OCH3 is 1. The van der Waals surface area contributed by atoms with Crippen molar-refractivity contribution in [3.63, 3.8) is 0 Å². The third-order valence-corrected chi connectivity index (χ3v) is 6.13. The lowest BCUT2D eigenvalue weighted by molar-refractivity contribution is -0.130. The van der Waals surface area contributed by atoms with Crippen molar-refractivity contribution in [1.29, 1.82) is 0 Å². The molecule has 12 heteroatoms. The summed E-state index contributed by atoms with van der Waals surface area (Å²) in [6, 6.07) is 9.96. The van der Waals surface area contributed by atoms with E-state index in [9.17, 15) is 22.0 Å². The number of carbonyl (C=O) groups excluding carboxylic acids is 1. The van der Waals surface area contributed by atoms with E-state index < -0.39 is 21.7 Å². The molecule has 0 saturated heterocycles. The third-order valence-electron chi connectivity index (χ3n) is 4.94. The van der Waals surface area contributed by atoms with Crippen LogP contribution in [-0.2, 0) is 21.4 Å². The molecule has 0 atom stereocenters. The van der Waals surface area contributed by atoms with Crippen molar-refractivity contribution in [1.82, 2.24) is 15.0 Å². The number of hydrogen-bond donors (Lipinski definition) is 0.